The smallest absolute Gasteiger partial charge is 0.237 e. The normalized spacial score (nSPS) is 33.6. The Morgan fingerprint density at radius 2 is 2.00 bits per heavy atom. The van der Waals surface area contributed by atoms with E-state index in [2.05, 4.69) is 21.8 Å². The first-order valence-corrected chi connectivity index (χ1v) is 11.4. The lowest BCUT2D eigenvalue weighted by Gasteiger charge is -2.43. The second-order valence-electron chi connectivity index (χ2n) is 9.06. The third-order valence-corrected chi connectivity index (χ3v) is 6.79. The van der Waals surface area contributed by atoms with Gasteiger partial charge in [0.2, 0.25) is 11.9 Å². The summed E-state index contributed by atoms with van der Waals surface area (Å²) in [7, 11) is 1.67. The number of aliphatic hydroxyl groups is 1. The van der Waals surface area contributed by atoms with Crippen LogP contribution in [0.1, 0.15) is 45.4 Å². The van der Waals surface area contributed by atoms with Crippen LogP contribution in [0.15, 0.2) is 21.8 Å². The number of nitrogens with zero attached hydrogens (tertiary/aromatic N) is 3. The van der Waals surface area contributed by atoms with Crippen LogP contribution in [0.4, 0.5) is 0 Å². The van der Waals surface area contributed by atoms with Crippen molar-refractivity contribution in [2.75, 3.05) is 26.8 Å². The quantitative estimate of drug-likeness (QED) is 0.621. The lowest BCUT2D eigenvalue weighted by molar-refractivity contribution is -0.134. The van der Waals surface area contributed by atoms with E-state index < -0.39 is 0 Å². The molecule has 0 aromatic rings. The number of aliphatic hydroxyl groups excluding tert-OH is 1. The maximum Gasteiger partial charge on any atom is 0.237 e. The van der Waals surface area contributed by atoms with Gasteiger partial charge in [-0.05, 0) is 70.0 Å². The molecule has 0 aromatic carbocycles. The molecule has 0 aromatic heterocycles. The van der Waals surface area contributed by atoms with Gasteiger partial charge in [0.05, 0.1) is 18.8 Å². The van der Waals surface area contributed by atoms with Crippen LogP contribution in [0.25, 0.3) is 0 Å². The van der Waals surface area contributed by atoms with Crippen molar-refractivity contribution in [3.05, 3.63) is 11.8 Å². The average Bonchev–Trinajstić information content (AvgIpc) is 2.75. The van der Waals surface area contributed by atoms with Gasteiger partial charge in [0.25, 0.3) is 0 Å². The van der Waals surface area contributed by atoms with E-state index in [4.69, 9.17) is 9.73 Å². The Balaban J connectivity index is 1.61. The lowest BCUT2D eigenvalue weighted by atomic mass is 9.75. The highest BCUT2D eigenvalue weighted by Gasteiger charge is 2.43. The number of methoxy groups -OCH3 is 1. The highest BCUT2D eigenvalue weighted by atomic mass is 16.5. The van der Waals surface area contributed by atoms with Crippen LogP contribution in [0.5, 0.6) is 0 Å². The van der Waals surface area contributed by atoms with Crippen LogP contribution in [0.2, 0.25) is 0 Å². The average molecular weight is 418 g/mol. The number of amides is 1. The van der Waals surface area contributed by atoms with Crippen LogP contribution in [0.3, 0.4) is 0 Å². The Morgan fingerprint density at radius 1 is 1.27 bits per heavy atom. The molecular weight excluding hydrogens is 382 g/mol. The molecule has 1 saturated heterocycles. The minimum atomic E-state index is -0.338. The SMILES string of the molecule is COCC(C)NC1=NC2C([C@H]3CC[C@H](O)CC3)=CN(C3CCNCC3)C(=O)C2C=N1. The molecule has 0 spiro atoms. The third kappa shape index (κ3) is 4.60. The van der Waals surface area contributed by atoms with E-state index in [0.29, 0.717) is 18.5 Å². The van der Waals surface area contributed by atoms with Crippen molar-refractivity contribution in [3.8, 4) is 0 Å². The van der Waals surface area contributed by atoms with Crippen molar-refractivity contribution in [3.63, 3.8) is 0 Å². The zero-order valence-electron chi connectivity index (χ0n) is 18.1. The number of ether oxygens (including phenoxy) is 1. The molecule has 3 heterocycles. The summed E-state index contributed by atoms with van der Waals surface area (Å²) in [5, 5.41) is 16.7. The Morgan fingerprint density at radius 3 is 2.70 bits per heavy atom. The van der Waals surface area contributed by atoms with E-state index in [9.17, 15) is 9.90 Å². The standard InChI is InChI=1S/C22H35N5O3/c1-14(13-30-2)25-22-24-11-18-20(26-22)19(15-3-5-17(28)6-4-15)12-27(21(18)29)16-7-9-23-10-8-16/h11-12,14-18,20,23,28H,3-10,13H2,1-2H3,(H,25,26)/t14?,15-,17-,18?,20?. The Kier molecular flexibility index (Phi) is 6.85. The van der Waals surface area contributed by atoms with Crippen LogP contribution < -0.4 is 10.6 Å². The molecule has 1 saturated carbocycles. The topological polar surface area (TPSA) is 98.5 Å². The molecule has 8 heteroatoms. The van der Waals surface area contributed by atoms with Crippen LogP contribution in [0, 0.1) is 11.8 Å². The van der Waals surface area contributed by atoms with Gasteiger partial charge in [0.1, 0.15) is 5.92 Å². The number of nitrogens with one attached hydrogen (secondary N) is 2. The molecule has 2 fully saturated rings. The van der Waals surface area contributed by atoms with Crippen molar-refractivity contribution < 1.29 is 14.6 Å². The molecule has 30 heavy (non-hydrogen) atoms. The van der Waals surface area contributed by atoms with Crippen molar-refractivity contribution in [1.82, 2.24) is 15.5 Å². The molecule has 4 aliphatic rings. The van der Waals surface area contributed by atoms with Crippen LogP contribution >= 0.6 is 0 Å². The number of guanidine groups is 1. The molecule has 0 radical (unpaired) electrons. The molecular formula is C22H35N5O3. The molecule has 166 valence electrons. The minimum Gasteiger partial charge on any atom is -0.393 e. The first-order valence-electron chi connectivity index (χ1n) is 11.4. The van der Waals surface area contributed by atoms with Gasteiger partial charge in [-0.2, -0.15) is 0 Å². The minimum absolute atomic E-state index is 0.0882. The fourth-order valence-electron chi connectivity index (χ4n) is 5.14. The summed E-state index contributed by atoms with van der Waals surface area (Å²) in [5.74, 6) is 0.703. The van der Waals surface area contributed by atoms with Gasteiger partial charge in [-0.15, -0.1) is 0 Å². The van der Waals surface area contributed by atoms with E-state index in [-0.39, 0.29) is 36.1 Å². The Bertz CT molecular complexity index is 708. The summed E-state index contributed by atoms with van der Waals surface area (Å²) in [6.45, 7) is 4.48. The number of aliphatic imine (C=N–C) groups is 2. The highest BCUT2D eigenvalue weighted by molar-refractivity contribution is 6.03. The number of carbonyl (C=O) groups is 1. The zero-order chi connectivity index (χ0) is 21.1. The van der Waals surface area contributed by atoms with Gasteiger partial charge in [0, 0.05) is 31.6 Å². The van der Waals surface area contributed by atoms with Crippen molar-refractivity contribution in [2.45, 2.75) is 69.7 Å². The predicted molar refractivity (Wildman–Crippen MR) is 116 cm³/mol. The van der Waals surface area contributed by atoms with E-state index in [1.807, 2.05) is 11.8 Å². The van der Waals surface area contributed by atoms with Gasteiger partial charge in [-0.3, -0.25) is 4.79 Å². The second-order valence-corrected chi connectivity index (χ2v) is 9.06. The maximum absolute atomic E-state index is 13.4. The molecule has 1 aliphatic carbocycles. The number of fused-ring (bicyclic) bond motifs is 1. The first-order chi connectivity index (χ1) is 14.6. The van der Waals surface area contributed by atoms with Gasteiger partial charge < -0.3 is 25.4 Å². The summed E-state index contributed by atoms with van der Waals surface area (Å²) in [5.41, 5.74) is 1.23. The summed E-state index contributed by atoms with van der Waals surface area (Å²) in [4.78, 5) is 24.8. The molecule has 4 rings (SSSR count). The monoisotopic (exact) mass is 417 g/mol. The van der Waals surface area contributed by atoms with Crippen LogP contribution in [-0.2, 0) is 9.53 Å². The van der Waals surface area contributed by atoms with E-state index in [1.54, 1.807) is 13.3 Å². The summed E-state index contributed by atoms with van der Waals surface area (Å²) >= 11 is 0. The highest BCUT2D eigenvalue weighted by Crippen LogP contribution is 2.39. The molecule has 3 unspecified atom stereocenters. The van der Waals surface area contributed by atoms with Crippen molar-refractivity contribution in [1.29, 1.82) is 0 Å². The Labute approximate surface area is 178 Å². The molecule has 3 aliphatic heterocycles. The zero-order valence-corrected chi connectivity index (χ0v) is 18.1. The molecule has 0 bridgehead atoms. The number of hydrogen-bond acceptors (Lipinski definition) is 7. The summed E-state index contributed by atoms with van der Waals surface area (Å²) in [6.07, 6.45) is 9.16. The molecule has 3 atom stereocenters. The second kappa shape index (κ2) is 9.58. The van der Waals surface area contributed by atoms with Crippen LogP contribution in [-0.4, -0.2) is 79.1 Å². The molecule has 8 nitrogen and oxygen atoms in total. The number of rotatable bonds is 5. The lowest BCUT2D eigenvalue weighted by Crippen LogP contribution is -2.53. The van der Waals surface area contributed by atoms with Gasteiger partial charge in [-0.25, -0.2) is 9.98 Å². The molecule has 3 N–H and O–H groups in total. The van der Waals surface area contributed by atoms with E-state index in [1.165, 1.54) is 5.57 Å². The van der Waals surface area contributed by atoms with Crippen molar-refractivity contribution in [2.24, 2.45) is 21.8 Å². The van der Waals surface area contributed by atoms with E-state index >= 15 is 0 Å². The molecule has 1 amide bonds. The predicted octanol–water partition coefficient (Wildman–Crippen LogP) is 1.07. The maximum atomic E-state index is 13.4. The van der Waals surface area contributed by atoms with E-state index in [0.717, 1.165) is 51.6 Å². The Hall–Kier alpha value is -1.77. The largest absolute Gasteiger partial charge is 0.393 e. The number of piperidine rings is 1. The van der Waals surface area contributed by atoms with Gasteiger partial charge in [0.15, 0.2) is 0 Å². The number of carbonyl (C=O) groups excluding carboxylic acids is 1. The fourth-order valence-corrected chi connectivity index (χ4v) is 5.14. The third-order valence-electron chi connectivity index (χ3n) is 6.79. The van der Waals surface area contributed by atoms with Gasteiger partial charge >= 0.3 is 0 Å². The van der Waals surface area contributed by atoms with Crippen molar-refractivity contribution >= 4 is 18.1 Å². The summed E-state index contributed by atoms with van der Waals surface area (Å²) < 4.78 is 5.21. The first kappa shape index (κ1) is 21.5. The fraction of sp³-hybridized carbons (Fsp3) is 0.773. The summed E-state index contributed by atoms with van der Waals surface area (Å²) in [6, 6.07) is 0.123. The number of hydrogen-bond donors (Lipinski definition) is 3. The van der Waals surface area contributed by atoms with Gasteiger partial charge in [-0.1, -0.05) is 0 Å².